The number of primary amides is 1. The van der Waals surface area contributed by atoms with E-state index >= 15 is 0 Å². The van der Waals surface area contributed by atoms with Crippen molar-refractivity contribution in [2.75, 3.05) is 6.61 Å². The topological polar surface area (TPSA) is 64.4 Å². The summed E-state index contributed by atoms with van der Waals surface area (Å²) in [7, 11) is 0. The van der Waals surface area contributed by atoms with Gasteiger partial charge in [-0.1, -0.05) is 30.3 Å². The highest BCUT2D eigenvalue weighted by molar-refractivity contribution is 5.72. The second-order valence-corrected chi connectivity index (χ2v) is 3.95. The Labute approximate surface area is 94.8 Å². The van der Waals surface area contributed by atoms with Gasteiger partial charge in [0.05, 0.1) is 12.1 Å². The fraction of sp³-hybridized carbons (Fsp3) is 0.417. The third-order valence-electron chi connectivity index (χ3n) is 2.79. The Kier molecular flexibility index (Phi) is 3.41. The fourth-order valence-electron chi connectivity index (χ4n) is 2.07. The van der Waals surface area contributed by atoms with Crippen molar-refractivity contribution < 1.29 is 9.53 Å². The summed E-state index contributed by atoms with van der Waals surface area (Å²) in [6, 6.07) is 9.13. The summed E-state index contributed by atoms with van der Waals surface area (Å²) in [5.41, 5.74) is 6.23. The molecule has 0 aliphatic carbocycles. The summed E-state index contributed by atoms with van der Waals surface area (Å²) < 4.78 is 5.60. The molecule has 1 aromatic rings. The molecule has 0 bridgehead atoms. The Balaban J connectivity index is 2.16. The number of amides is 2. The molecule has 4 nitrogen and oxygen atoms in total. The van der Waals surface area contributed by atoms with Crippen LogP contribution in [0.25, 0.3) is 0 Å². The molecule has 0 radical (unpaired) electrons. The first-order valence-corrected chi connectivity index (χ1v) is 5.50. The highest BCUT2D eigenvalue weighted by Crippen LogP contribution is 2.26. The maximum Gasteiger partial charge on any atom is 0.312 e. The average Bonchev–Trinajstić information content (AvgIpc) is 2.80. The first kappa shape index (κ1) is 11.0. The van der Waals surface area contributed by atoms with E-state index < -0.39 is 6.03 Å². The Morgan fingerprint density at radius 3 is 2.75 bits per heavy atom. The molecule has 2 amide bonds. The molecular weight excluding hydrogens is 204 g/mol. The van der Waals surface area contributed by atoms with Crippen LogP contribution < -0.4 is 11.1 Å². The van der Waals surface area contributed by atoms with Crippen molar-refractivity contribution >= 4 is 6.03 Å². The van der Waals surface area contributed by atoms with Gasteiger partial charge in [-0.05, 0) is 18.4 Å². The number of urea groups is 1. The minimum atomic E-state index is -0.510. The van der Waals surface area contributed by atoms with Gasteiger partial charge >= 0.3 is 6.03 Å². The monoisotopic (exact) mass is 220 g/mol. The quantitative estimate of drug-likeness (QED) is 0.812. The number of carbonyl (C=O) groups excluding carboxylic acids is 1. The number of rotatable bonds is 3. The van der Waals surface area contributed by atoms with E-state index in [1.54, 1.807) is 0 Å². The van der Waals surface area contributed by atoms with Crippen LogP contribution in [0.15, 0.2) is 30.3 Å². The highest BCUT2D eigenvalue weighted by Gasteiger charge is 2.27. The Bertz CT molecular complexity index is 347. The van der Waals surface area contributed by atoms with Gasteiger partial charge < -0.3 is 15.8 Å². The van der Waals surface area contributed by atoms with Crippen LogP contribution in [-0.2, 0) is 4.74 Å². The molecule has 4 heteroatoms. The molecule has 2 rings (SSSR count). The van der Waals surface area contributed by atoms with Gasteiger partial charge in [0.25, 0.3) is 0 Å². The van der Waals surface area contributed by atoms with Crippen LogP contribution in [0.3, 0.4) is 0 Å². The first-order chi connectivity index (χ1) is 7.77. The van der Waals surface area contributed by atoms with Crippen LogP contribution in [-0.4, -0.2) is 18.7 Å². The third kappa shape index (κ3) is 2.52. The molecule has 3 N–H and O–H groups in total. The van der Waals surface area contributed by atoms with Crippen molar-refractivity contribution in [3.05, 3.63) is 35.9 Å². The van der Waals surface area contributed by atoms with Crippen LogP contribution >= 0.6 is 0 Å². The second kappa shape index (κ2) is 4.99. The van der Waals surface area contributed by atoms with Crippen molar-refractivity contribution in [2.24, 2.45) is 5.73 Å². The van der Waals surface area contributed by atoms with E-state index in [4.69, 9.17) is 10.5 Å². The lowest BCUT2D eigenvalue weighted by Gasteiger charge is -2.23. The molecular formula is C12H16N2O2. The summed E-state index contributed by atoms with van der Waals surface area (Å²) >= 11 is 0. The molecule has 0 aromatic heterocycles. The SMILES string of the molecule is NC(=O)N[C@@H](c1ccccc1)[C@@H]1CCCO1. The number of hydrogen-bond donors (Lipinski definition) is 2. The Morgan fingerprint density at radius 2 is 2.19 bits per heavy atom. The molecule has 1 heterocycles. The molecule has 0 unspecified atom stereocenters. The molecule has 16 heavy (non-hydrogen) atoms. The molecule has 1 aromatic carbocycles. The van der Waals surface area contributed by atoms with Gasteiger partial charge in [-0.25, -0.2) is 4.79 Å². The fourth-order valence-corrected chi connectivity index (χ4v) is 2.07. The Morgan fingerprint density at radius 1 is 1.44 bits per heavy atom. The molecule has 1 aliphatic rings. The second-order valence-electron chi connectivity index (χ2n) is 3.95. The molecule has 1 saturated heterocycles. The minimum Gasteiger partial charge on any atom is -0.376 e. The normalized spacial score (nSPS) is 21.6. The van der Waals surface area contributed by atoms with Gasteiger partial charge in [-0.3, -0.25) is 0 Å². The zero-order valence-corrected chi connectivity index (χ0v) is 9.06. The summed E-state index contributed by atoms with van der Waals surface area (Å²) in [6.07, 6.45) is 2.03. The van der Waals surface area contributed by atoms with Crippen molar-refractivity contribution in [1.29, 1.82) is 0 Å². The lowest BCUT2D eigenvalue weighted by atomic mass is 9.99. The Hall–Kier alpha value is -1.55. The summed E-state index contributed by atoms with van der Waals surface area (Å²) in [5.74, 6) is 0. The number of benzene rings is 1. The van der Waals surface area contributed by atoms with E-state index in [0.29, 0.717) is 0 Å². The van der Waals surface area contributed by atoms with Gasteiger partial charge in [0, 0.05) is 6.61 Å². The van der Waals surface area contributed by atoms with E-state index in [0.717, 1.165) is 25.0 Å². The molecule has 1 fully saturated rings. The van der Waals surface area contributed by atoms with Crippen LogP contribution in [0.1, 0.15) is 24.4 Å². The molecule has 0 spiro atoms. The minimum absolute atomic E-state index is 0.0369. The number of hydrogen-bond acceptors (Lipinski definition) is 2. The van der Waals surface area contributed by atoms with Gasteiger partial charge in [0.1, 0.15) is 0 Å². The number of nitrogens with one attached hydrogen (secondary N) is 1. The smallest absolute Gasteiger partial charge is 0.312 e. The standard InChI is InChI=1S/C12H16N2O2/c13-12(15)14-11(10-7-4-8-16-10)9-5-2-1-3-6-9/h1-3,5-6,10-11H,4,7-8H2,(H3,13,14,15)/t10-,11-/m0/s1. The lowest BCUT2D eigenvalue weighted by Crippen LogP contribution is -2.39. The zero-order valence-electron chi connectivity index (χ0n) is 9.06. The maximum absolute atomic E-state index is 11.0. The molecule has 86 valence electrons. The van der Waals surface area contributed by atoms with Crippen molar-refractivity contribution in [3.8, 4) is 0 Å². The van der Waals surface area contributed by atoms with Crippen molar-refractivity contribution in [2.45, 2.75) is 25.0 Å². The molecule has 1 aliphatic heterocycles. The van der Waals surface area contributed by atoms with E-state index in [1.807, 2.05) is 30.3 Å². The van der Waals surface area contributed by atoms with Crippen molar-refractivity contribution in [3.63, 3.8) is 0 Å². The first-order valence-electron chi connectivity index (χ1n) is 5.50. The highest BCUT2D eigenvalue weighted by atomic mass is 16.5. The summed E-state index contributed by atoms with van der Waals surface area (Å²) in [5, 5.41) is 2.75. The van der Waals surface area contributed by atoms with Gasteiger partial charge in [0.2, 0.25) is 0 Å². The van der Waals surface area contributed by atoms with Crippen LogP contribution in [0.4, 0.5) is 4.79 Å². The molecule has 0 saturated carbocycles. The third-order valence-corrected chi connectivity index (χ3v) is 2.79. The maximum atomic E-state index is 11.0. The largest absolute Gasteiger partial charge is 0.376 e. The molecule has 2 atom stereocenters. The van der Waals surface area contributed by atoms with E-state index in [9.17, 15) is 4.79 Å². The van der Waals surface area contributed by atoms with E-state index in [-0.39, 0.29) is 12.1 Å². The van der Waals surface area contributed by atoms with Gasteiger partial charge in [-0.2, -0.15) is 0 Å². The summed E-state index contributed by atoms with van der Waals surface area (Å²) in [6.45, 7) is 0.758. The number of carbonyl (C=O) groups is 1. The van der Waals surface area contributed by atoms with Gasteiger partial charge in [0.15, 0.2) is 0 Å². The van der Waals surface area contributed by atoms with Crippen LogP contribution in [0, 0.1) is 0 Å². The number of nitrogens with two attached hydrogens (primary N) is 1. The van der Waals surface area contributed by atoms with Crippen LogP contribution in [0.5, 0.6) is 0 Å². The zero-order chi connectivity index (χ0) is 11.4. The lowest BCUT2D eigenvalue weighted by molar-refractivity contribution is 0.0813. The predicted molar refractivity (Wildman–Crippen MR) is 60.9 cm³/mol. The van der Waals surface area contributed by atoms with Crippen molar-refractivity contribution in [1.82, 2.24) is 5.32 Å². The van der Waals surface area contributed by atoms with E-state index in [2.05, 4.69) is 5.32 Å². The predicted octanol–water partition coefficient (Wildman–Crippen LogP) is 1.57. The number of ether oxygens (including phenoxy) is 1. The average molecular weight is 220 g/mol. The van der Waals surface area contributed by atoms with Gasteiger partial charge in [-0.15, -0.1) is 0 Å². The summed E-state index contributed by atoms with van der Waals surface area (Å²) in [4.78, 5) is 11.0. The van der Waals surface area contributed by atoms with E-state index in [1.165, 1.54) is 0 Å². The van der Waals surface area contributed by atoms with Crippen LogP contribution in [0.2, 0.25) is 0 Å².